The van der Waals surface area contributed by atoms with E-state index in [9.17, 15) is 9.59 Å². The van der Waals surface area contributed by atoms with Crippen molar-refractivity contribution in [1.29, 1.82) is 0 Å². The van der Waals surface area contributed by atoms with Crippen molar-refractivity contribution in [3.8, 4) is 0 Å². The number of amides is 1. The number of rotatable bonds is 7. The molecule has 0 aliphatic rings. The van der Waals surface area contributed by atoms with Gasteiger partial charge in [-0.2, -0.15) is 0 Å². The molecule has 0 saturated heterocycles. The standard InChI is InChI=1S/C13H21N3O3S/c1-8(2)7-15-10(17)5-6-14-13-16-11(9(3)20-13)12(18)19-4/h8H,5-7H2,1-4H3,(H,14,16)(H,15,17). The van der Waals surface area contributed by atoms with Crippen molar-refractivity contribution in [2.75, 3.05) is 25.5 Å². The van der Waals surface area contributed by atoms with Gasteiger partial charge in [0, 0.05) is 24.4 Å². The number of esters is 1. The van der Waals surface area contributed by atoms with E-state index >= 15 is 0 Å². The lowest BCUT2D eigenvalue weighted by Gasteiger charge is -2.07. The number of hydrogen-bond acceptors (Lipinski definition) is 6. The first kappa shape index (κ1) is 16.4. The summed E-state index contributed by atoms with van der Waals surface area (Å²) in [6.45, 7) is 7.07. The molecule has 7 heteroatoms. The summed E-state index contributed by atoms with van der Waals surface area (Å²) in [5.74, 6) is 0.00489. The zero-order valence-corrected chi connectivity index (χ0v) is 13.1. The van der Waals surface area contributed by atoms with Crippen LogP contribution in [0, 0.1) is 12.8 Å². The molecule has 0 aromatic carbocycles. The minimum atomic E-state index is -0.443. The predicted molar refractivity (Wildman–Crippen MR) is 79.1 cm³/mol. The number of methoxy groups -OCH3 is 1. The van der Waals surface area contributed by atoms with Gasteiger partial charge in [0.25, 0.3) is 0 Å². The number of nitrogens with one attached hydrogen (secondary N) is 2. The molecule has 0 unspecified atom stereocenters. The van der Waals surface area contributed by atoms with Gasteiger partial charge in [0.05, 0.1) is 7.11 Å². The van der Waals surface area contributed by atoms with Gasteiger partial charge in [-0.05, 0) is 12.8 Å². The summed E-state index contributed by atoms with van der Waals surface area (Å²) in [4.78, 5) is 27.9. The predicted octanol–water partition coefficient (Wildman–Crippen LogP) is 1.81. The highest BCUT2D eigenvalue weighted by Crippen LogP contribution is 2.22. The Labute approximate surface area is 122 Å². The van der Waals surface area contributed by atoms with Crippen molar-refractivity contribution in [2.45, 2.75) is 27.2 Å². The van der Waals surface area contributed by atoms with E-state index < -0.39 is 5.97 Å². The number of aryl methyl sites for hydroxylation is 1. The van der Waals surface area contributed by atoms with Crippen molar-refractivity contribution in [1.82, 2.24) is 10.3 Å². The fourth-order valence-electron chi connectivity index (χ4n) is 1.45. The van der Waals surface area contributed by atoms with E-state index in [1.165, 1.54) is 18.4 Å². The number of carbonyl (C=O) groups is 2. The number of anilines is 1. The third-order valence-corrected chi connectivity index (χ3v) is 3.44. The van der Waals surface area contributed by atoms with Crippen molar-refractivity contribution in [3.05, 3.63) is 10.6 Å². The molecule has 1 aromatic rings. The van der Waals surface area contributed by atoms with Gasteiger partial charge in [-0.3, -0.25) is 4.79 Å². The van der Waals surface area contributed by atoms with Crippen molar-refractivity contribution >= 4 is 28.3 Å². The van der Waals surface area contributed by atoms with Crippen LogP contribution in [0.1, 0.15) is 35.6 Å². The molecule has 0 aliphatic carbocycles. The van der Waals surface area contributed by atoms with Gasteiger partial charge < -0.3 is 15.4 Å². The van der Waals surface area contributed by atoms with Crippen LogP contribution in [0.25, 0.3) is 0 Å². The monoisotopic (exact) mass is 299 g/mol. The average Bonchev–Trinajstić information content (AvgIpc) is 2.76. The second-order valence-corrected chi connectivity index (χ2v) is 5.99. The van der Waals surface area contributed by atoms with Gasteiger partial charge in [0.15, 0.2) is 10.8 Å². The van der Waals surface area contributed by atoms with Crippen molar-refractivity contribution in [3.63, 3.8) is 0 Å². The molecule has 0 atom stereocenters. The van der Waals surface area contributed by atoms with E-state index in [4.69, 9.17) is 0 Å². The van der Waals surface area contributed by atoms with Crippen LogP contribution in [0.4, 0.5) is 5.13 Å². The highest BCUT2D eigenvalue weighted by atomic mass is 32.1. The topological polar surface area (TPSA) is 80.3 Å². The quantitative estimate of drug-likeness (QED) is 0.751. The van der Waals surface area contributed by atoms with Crippen LogP contribution in [0.5, 0.6) is 0 Å². The minimum Gasteiger partial charge on any atom is -0.464 e. The third-order valence-electron chi connectivity index (χ3n) is 2.51. The molecule has 6 nitrogen and oxygen atoms in total. The van der Waals surface area contributed by atoms with E-state index in [1.54, 1.807) is 0 Å². The molecule has 0 aliphatic heterocycles. The molecule has 0 fully saturated rings. The maximum atomic E-state index is 11.5. The SMILES string of the molecule is COC(=O)c1nc(NCCC(=O)NCC(C)C)sc1C. The molecule has 20 heavy (non-hydrogen) atoms. The smallest absolute Gasteiger partial charge is 0.357 e. The summed E-state index contributed by atoms with van der Waals surface area (Å²) in [6, 6.07) is 0. The maximum absolute atomic E-state index is 11.5. The summed E-state index contributed by atoms with van der Waals surface area (Å²) >= 11 is 1.37. The second kappa shape index (κ2) is 7.84. The van der Waals surface area contributed by atoms with Crippen LogP contribution in [-0.4, -0.2) is 37.1 Å². The first-order valence-corrected chi connectivity index (χ1v) is 7.32. The highest BCUT2D eigenvalue weighted by molar-refractivity contribution is 7.15. The molecule has 0 spiro atoms. The van der Waals surface area contributed by atoms with E-state index in [-0.39, 0.29) is 5.91 Å². The normalized spacial score (nSPS) is 10.4. The van der Waals surface area contributed by atoms with Crippen LogP contribution in [0.2, 0.25) is 0 Å². The number of hydrogen-bond donors (Lipinski definition) is 2. The summed E-state index contributed by atoms with van der Waals surface area (Å²) in [7, 11) is 1.33. The largest absolute Gasteiger partial charge is 0.464 e. The maximum Gasteiger partial charge on any atom is 0.357 e. The third kappa shape index (κ3) is 5.16. The van der Waals surface area contributed by atoms with Crippen LogP contribution in [0.3, 0.4) is 0 Å². The summed E-state index contributed by atoms with van der Waals surface area (Å²) < 4.78 is 4.64. The van der Waals surface area contributed by atoms with E-state index in [0.29, 0.717) is 36.3 Å². The number of ether oxygens (including phenoxy) is 1. The zero-order chi connectivity index (χ0) is 15.1. The summed E-state index contributed by atoms with van der Waals surface area (Å²) in [6.07, 6.45) is 0.374. The highest BCUT2D eigenvalue weighted by Gasteiger charge is 2.15. The van der Waals surface area contributed by atoms with Crippen LogP contribution in [-0.2, 0) is 9.53 Å². The Morgan fingerprint density at radius 1 is 1.40 bits per heavy atom. The van der Waals surface area contributed by atoms with Crippen LogP contribution in [0.15, 0.2) is 0 Å². The first-order valence-electron chi connectivity index (χ1n) is 6.50. The first-order chi connectivity index (χ1) is 9.43. The fourth-order valence-corrected chi connectivity index (χ4v) is 2.27. The van der Waals surface area contributed by atoms with Crippen molar-refractivity contribution < 1.29 is 14.3 Å². The molecule has 1 rings (SSSR count). The molecule has 0 bridgehead atoms. The van der Waals surface area contributed by atoms with Crippen molar-refractivity contribution in [2.24, 2.45) is 5.92 Å². The zero-order valence-electron chi connectivity index (χ0n) is 12.3. The number of nitrogens with zero attached hydrogens (tertiary/aromatic N) is 1. The Kier molecular flexibility index (Phi) is 6.44. The Morgan fingerprint density at radius 2 is 2.10 bits per heavy atom. The van der Waals surface area contributed by atoms with Gasteiger partial charge in [0.1, 0.15) is 0 Å². The number of carbonyl (C=O) groups excluding carboxylic acids is 2. The molecule has 2 N–H and O–H groups in total. The van der Waals surface area contributed by atoms with Gasteiger partial charge >= 0.3 is 5.97 Å². The molecule has 1 heterocycles. The van der Waals surface area contributed by atoms with Crippen LogP contribution < -0.4 is 10.6 Å². The molecular formula is C13H21N3O3S. The average molecular weight is 299 g/mol. The second-order valence-electron chi connectivity index (χ2n) is 4.79. The summed E-state index contributed by atoms with van der Waals surface area (Å²) in [5, 5.41) is 6.51. The van der Waals surface area contributed by atoms with Gasteiger partial charge in [-0.25, -0.2) is 9.78 Å². The Hall–Kier alpha value is -1.63. The fraction of sp³-hybridized carbons (Fsp3) is 0.615. The molecular weight excluding hydrogens is 278 g/mol. The van der Waals surface area contributed by atoms with E-state index in [2.05, 4.69) is 20.4 Å². The number of aromatic nitrogens is 1. The van der Waals surface area contributed by atoms with Gasteiger partial charge in [-0.15, -0.1) is 11.3 Å². The Morgan fingerprint density at radius 3 is 2.70 bits per heavy atom. The summed E-state index contributed by atoms with van der Waals surface area (Å²) in [5.41, 5.74) is 0.323. The molecule has 0 radical (unpaired) electrons. The molecule has 112 valence electrons. The minimum absolute atomic E-state index is 0.00710. The molecule has 0 saturated carbocycles. The lowest BCUT2D eigenvalue weighted by molar-refractivity contribution is -0.120. The molecule has 1 amide bonds. The Bertz CT molecular complexity index is 471. The van der Waals surface area contributed by atoms with Crippen LogP contribution >= 0.6 is 11.3 Å². The number of thiazole rings is 1. The molecule has 1 aromatic heterocycles. The van der Waals surface area contributed by atoms with E-state index in [1.807, 2.05) is 20.8 Å². The Balaban J connectivity index is 2.39. The lowest BCUT2D eigenvalue weighted by atomic mass is 10.2. The van der Waals surface area contributed by atoms with E-state index in [0.717, 1.165) is 4.88 Å². The van der Waals surface area contributed by atoms with Gasteiger partial charge in [-0.1, -0.05) is 13.8 Å². The van der Waals surface area contributed by atoms with Gasteiger partial charge in [0.2, 0.25) is 5.91 Å². The lowest BCUT2D eigenvalue weighted by Crippen LogP contribution is -2.28.